The molecule has 20 heavy (non-hydrogen) atoms. The lowest BCUT2D eigenvalue weighted by Gasteiger charge is -2.39. The Balaban J connectivity index is 2.56. The van der Waals surface area contributed by atoms with E-state index in [2.05, 4.69) is 48.9 Å². The van der Waals surface area contributed by atoms with Crippen LogP contribution in [0.3, 0.4) is 0 Å². The van der Waals surface area contributed by atoms with Crippen LogP contribution in [-0.2, 0) is 15.8 Å². The highest BCUT2D eigenvalue weighted by atomic mass is 79.9. The van der Waals surface area contributed by atoms with Gasteiger partial charge in [0, 0.05) is 19.1 Å². The number of ether oxygens (including phenoxy) is 1. The standard InChI is InChI=1S/C15H24BrN3O/c1-6-17-12-10(16)11(14(2,3)4)18-13(19-12)15(20-5)8-7-9-15/h6-9H2,1-5H3,(H,17,18,19). The van der Waals surface area contributed by atoms with Gasteiger partial charge in [-0.3, -0.25) is 0 Å². The quantitative estimate of drug-likeness (QED) is 0.899. The highest BCUT2D eigenvalue weighted by Crippen LogP contribution is 2.44. The summed E-state index contributed by atoms with van der Waals surface area (Å²) in [5.74, 6) is 1.68. The first kappa shape index (κ1) is 15.7. The number of nitrogens with zero attached hydrogens (tertiary/aromatic N) is 2. The lowest BCUT2D eigenvalue weighted by Crippen LogP contribution is -2.39. The van der Waals surface area contributed by atoms with Gasteiger partial charge in [0.2, 0.25) is 0 Å². The summed E-state index contributed by atoms with van der Waals surface area (Å²) in [6, 6.07) is 0. The van der Waals surface area contributed by atoms with E-state index in [-0.39, 0.29) is 11.0 Å². The molecule has 1 aromatic heterocycles. The molecular formula is C15H24BrN3O. The van der Waals surface area contributed by atoms with Gasteiger partial charge in [-0.25, -0.2) is 9.97 Å². The van der Waals surface area contributed by atoms with Crippen LogP contribution in [-0.4, -0.2) is 23.6 Å². The maximum atomic E-state index is 5.73. The Labute approximate surface area is 129 Å². The molecule has 0 aliphatic heterocycles. The molecular weight excluding hydrogens is 318 g/mol. The van der Waals surface area contributed by atoms with E-state index in [1.54, 1.807) is 7.11 Å². The van der Waals surface area contributed by atoms with Crippen molar-refractivity contribution in [2.45, 2.75) is 58.0 Å². The topological polar surface area (TPSA) is 47.0 Å². The Morgan fingerprint density at radius 1 is 1.30 bits per heavy atom. The lowest BCUT2D eigenvalue weighted by molar-refractivity contribution is -0.0848. The molecule has 1 saturated carbocycles. The summed E-state index contributed by atoms with van der Waals surface area (Å²) in [5.41, 5.74) is 0.700. The van der Waals surface area contributed by atoms with Gasteiger partial charge in [0.1, 0.15) is 11.4 Å². The van der Waals surface area contributed by atoms with Crippen molar-refractivity contribution in [1.82, 2.24) is 9.97 Å². The Morgan fingerprint density at radius 3 is 2.35 bits per heavy atom. The number of anilines is 1. The van der Waals surface area contributed by atoms with E-state index in [0.29, 0.717) is 0 Å². The third-order valence-corrected chi connectivity index (χ3v) is 4.62. The minimum atomic E-state index is -0.287. The fourth-order valence-electron chi connectivity index (χ4n) is 2.45. The number of hydrogen-bond donors (Lipinski definition) is 1. The fourth-order valence-corrected chi connectivity index (χ4v) is 3.36. The Bertz CT molecular complexity index is 487. The van der Waals surface area contributed by atoms with E-state index < -0.39 is 0 Å². The molecule has 1 N–H and O–H groups in total. The van der Waals surface area contributed by atoms with Gasteiger partial charge in [0.05, 0.1) is 10.2 Å². The molecule has 0 amide bonds. The molecule has 2 rings (SSSR count). The zero-order valence-electron chi connectivity index (χ0n) is 13.0. The third kappa shape index (κ3) is 2.70. The number of rotatable bonds is 4. The molecule has 1 fully saturated rings. The molecule has 1 aliphatic carbocycles. The lowest BCUT2D eigenvalue weighted by atomic mass is 9.79. The van der Waals surface area contributed by atoms with E-state index in [4.69, 9.17) is 14.7 Å². The first-order chi connectivity index (χ1) is 9.34. The van der Waals surface area contributed by atoms with Gasteiger partial charge in [-0.15, -0.1) is 0 Å². The van der Waals surface area contributed by atoms with Crippen LogP contribution in [0.2, 0.25) is 0 Å². The van der Waals surface area contributed by atoms with Gasteiger partial charge in [0.15, 0.2) is 5.82 Å². The summed E-state index contributed by atoms with van der Waals surface area (Å²) in [6.07, 6.45) is 3.18. The molecule has 0 spiro atoms. The van der Waals surface area contributed by atoms with Gasteiger partial charge < -0.3 is 10.1 Å². The fraction of sp³-hybridized carbons (Fsp3) is 0.733. The number of nitrogens with one attached hydrogen (secondary N) is 1. The van der Waals surface area contributed by atoms with Crippen molar-refractivity contribution >= 4 is 21.7 Å². The van der Waals surface area contributed by atoms with Crippen LogP contribution >= 0.6 is 15.9 Å². The largest absolute Gasteiger partial charge is 0.370 e. The monoisotopic (exact) mass is 341 g/mol. The second kappa shape index (κ2) is 5.60. The summed E-state index contributed by atoms with van der Waals surface area (Å²) in [4.78, 5) is 9.54. The van der Waals surface area contributed by atoms with Gasteiger partial charge in [-0.1, -0.05) is 20.8 Å². The van der Waals surface area contributed by atoms with Crippen molar-refractivity contribution in [3.8, 4) is 0 Å². The molecule has 0 saturated heterocycles. The minimum Gasteiger partial charge on any atom is -0.370 e. The van der Waals surface area contributed by atoms with Crippen LogP contribution in [0.5, 0.6) is 0 Å². The summed E-state index contributed by atoms with van der Waals surface area (Å²) < 4.78 is 6.69. The van der Waals surface area contributed by atoms with Gasteiger partial charge in [-0.05, 0) is 42.1 Å². The first-order valence-electron chi connectivity index (χ1n) is 7.21. The predicted octanol–water partition coefficient (Wildman–Crippen LogP) is 3.99. The van der Waals surface area contributed by atoms with Crippen molar-refractivity contribution < 1.29 is 4.74 Å². The molecule has 0 aromatic carbocycles. The molecule has 112 valence electrons. The number of halogens is 1. The average Bonchev–Trinajstić information content (AvgIpc) is 2.31. The van der Waals surface area contributed by atoms with Crippen molar-refractivity contribution in [2.24, 2.45) is 0 Å². The highest BCUT2D eigenvalue weighted by Gasteiger charge is 2.43. The van der Waals surface area contributed by atoms with Crippen LogP contribution in [0.15, 0.2) is 4.47 Å². The van der Waals surface area contributed by atoms with Gasteiger partial charge >= 0.3 is 0 Å². The van der Waals surface area contributed by atoms with Crippen LogP contribution in [0.25, 0.3) is 0 Å². The Morgan fingerprint density at radius 2 is 1.95 bits per heavy atom. The van der Waals surface area contributed by atoms with E-state index in [0.717, 1.165) is 41.2 Å². The van der Waals surface area contributed by atoms with Crippen molar-refractivity contribution in [3.63, 3.8) is 0 Å². The number of methoxy groups -OCH3 is 1. The van der Waals surface area contributed by atoms with Crippen molar-refractivity contribution in [2.75, 3.05) is 19.0 Å². The summed E-state index contributed by atoms with van der Waals surface area (Å²) in [7, 11) is 1.76. The van der Waals surface area contributed by atoms with E-state index in [9.17, 15) is 0 Å². The molecule has 0 atom stereocenters. The molecule has 1 aromatic rings. The second-order valence-corrected chi connectivity index (χ2v) is 7.18. The van der Waals surface area contributed by atoms with Crippen molar-refractivity contribution in [3.05, 3.63) is 16.0 Å². The summed E-state index contributed by atoms with van der Waals surface area (Å²) >= 11 is 3.65. The van der Waals surface area contributed by atoms with E-state index in [1.165, 1.54) is 6.42 Å². The smallest absolute Gasteiger partial charge is 0.162 e. The van der Waals surface area contributed by atoms with E-state index >= 15 is 0 Å². The molecule has 4 nitrogen and oxygen atoms in total. The molecule has 0 radical (unpaired) electrons. The number of hydrogen-bond acceptors (Lipinski definition) is 4. The zero-order valence-corrected chi connectivity index (χ0v) is 14.6. The minimum absolute atomic E-state index is 0.0423. The van der Waals surface area contributed by atoms with Gasteiger partial charge in [0.25, 0.3) is 0 Å². The molecule has 0 unspecified atom stereocenters. The zero-order chi connectivity index (χ0) is 15.0. The molecule has 5 heteroatoms. The predicted molar refractivity (Wildman–Crippen MR) is 85.1 cm³/mol. The maximum Gasteiger partial charge on any atom is 0.162 e. The normalized spacial score (nSPS) is 17.7. The first-order valence-corrected chi connectivity index (χ1v) is 8.01. The SMILES string of the molecule is CCNc1nc(C2(OC)CCC2)nc(C(C)(C)C)c1Br. The third-order valence-electron chi connectivity index (χ3n) is 3.87. The van der Waals surface area contributed by atoms with Crippen molar-refractivity contribution in [1.29, 1.82) is 0 Å². The summed E-state index contributed by atoms with van der Waals surface area (Å²) in [5, 5.41) is 3.32. The van der Waals surface area contributed by atoms with Crippen LogP contribution in [0, 0.1) is 0 Å². The molecule has 0 bridgehead atoms. The van der Waals surface area contributed by atoms with Gasteiger partial charge in [-0.2, -0.15) is 0 Å². The molecule has 1 aliphatic rings. The Kier molecular flexibility index (Phi) is 4.40. The van der Waals surface area contributed by atoms with Crippen LogP contribution < -0.4 is 5.32 Å². The number of aromatic nitrogens is 2. The second-order valence-electron chi connectivity index (χ2n) is 6.39. The van der Waals surface area contributed by atoms with Crippen LogP contribution in [0.1, 0.15) is 58.5 Å². The average molecular weight is 342 g/mol. The molecule has 1 heterocycles. The Hall–Kier alpha value is -0.680. The van der Waals surface area contributed by atoms with Crippen LogP contribution in [0.4, 0.5) is 5.82 Å². The highest BCUT2D eigenvalue weighted by molar-refractivity contribution is 9.10. The van der Waals surface area contributed by atoms with E-state index in [1.807, 2.05) is 0 Å². The maximum absolute atomic E-state index is 5.73. The summed E-state index contributed by atoms with van der Waals surface area (Å²) in [6.45, 7) is 9.40.